The number of ether oxygens (including phenoxy) is 3. The minimum Gasteiger partial charge on any atom is -0.494 e. The van der Waals surface area contributed by atoms with Gasteiger partial charge in [-0.3, -0.25) is 9.69 Å². The van der Waals surface area contributed by atoms with E-state index in [9.17, 15) is 4.79 Å². The number of fused-ring (bicyclic) bond motifs is 2. The van der Waals surface area contributed by atoms with Gasteiger partial charge in [-0.2, -0.15) is 0 Å². The monoisotopic (exact) mass is 437 g/mol. The number of aryl methyl sites for hydroxylation is 1. The van der Waals surface area contributed by atoms with Gasteiger partial charge in [0.25, 0.3) is 0 Å². The van der Waals surface area contributed by atoms with Gasteiger partial charge in [-0.1, -0.05) is 12.1 Å². The van der Waals surface area contributed by atoms with Crippen LogP contribution in [0, 0.1) is 0 Å². The molecule has 0 atom stereocenters. The van der Waals surface area contributed by atoms with E-state index in [2.05, 4.69) is 27.2 Å². The molecule has 5 rings (SSSR count). The van der Waals surface area contributed by atoms with E-state index in [4.69, 9.17) is 14.2 Å². The van der Waals surface area contributed by atoms with E-state index in [-0.39, 0.29) is 5.91 Å². The molecule has 32 heavy (non-hydrogen) atoms. The zero-order chi connectivity index (χ0) is 21.8. The summed E-state index contributed by atoms with van der Waals surface area (Å²) in [7, 11) is 0. The highest BCUT2D eigenvalue weighted by Gasteiger charge is 2.23. The molecule has 1 amide bonds. The largest absolute Gasteiger partial charge is 0.494 e. The summed E-state index contributed by atoms with van der Waals surface area (Å²) in [6.07, 6.45) is 3.50. The van der Waals surface area contributed by atoms with E-state index in [1.807, 2.05) is 24.3 Å². The second-order valence-electron chi connectivity index (χ2n) is 8.55. The van der Waals surface area contributed by atoms with Crippen LogP contribution in [0.25, 0.3) is 0 Å². The molecule has 2 aromatic rings. The molecule has 170 valence electrons. The number of unbranched alkanes of at least 4 members (excludes halogenated alkanes) is 1. The number of benzene rings is 2. The Labute approximate surface area is 189 Å². The van der Waals surface area contributed by atoms with Crippen LogP contribution in [0.15, 0.2) is 36.4 Å². The predicted molar refractivity (Wildman–Crippen MR) is 124 cm³/mol. The average molecular weight is 438 g/mol. The maximum Gasteiger partial charge on any atom is 0.224 e. The lowest BCUT2D eigenvalue weighted by atomic mass is 10.0. The SMILES string of the molecule is O=C1CCc2ccc(OCCCCN3CCN(c4cccc5c4OCCO5)CC3)cc2N1. The molecule has 0 aliphatic carbocycles. The van der Waals surface area contributed by atoms with E-state index in [1.165, 1.54) is 5.56 Å². The number of hydrogen-bond donors (Lipinski definition) is 1. The number of anilines is 2. The number of carbonyl (C=O) groups is 1. The number of hydrogen-bond acceptors (Lipinski definition) is 6. The average Bonchev–Trinajstić information content (AvgIpc) is 2.83. The maximum absolute atomic E-state index is 11.6. The molecule has 0 unspecified atom stereocenters. The highest BCUT2D eigenvalue weighted by molar-refractivity contribution is 5.94. The van der Waals surface area contributed by atoms with Crippen LogP contribution < -0.4 is 24.4 Å². The number of amides is 1. The zero-order valence-electron chi connectivity index (χ0n) is 18.5. The first-order chi connectivity index (χ1) is 15.8. The van der Waals surface area contributed by atoms with Crippen molar-refractivity contribution >= 4 is 17.3 Å². The third kappa shape index (κ3) is 4.78. The minimum atomic E-state index is 0.0859. The van der Waals surface area contributed by atoms with Crippen molar-refractivity contribution in [3.8, 4) is 17.2 Å². The molecule has 0 spiro atoms. The minimum absolute atomic E-state index is 0.0859. The van der Waals surface area contributed by atoms with Gasteiger partial charge in [-0.05, 0) is 49.6 Å². The first kappa shape index (κ1) is 20.9. The Kier molecular flexibility index (Phi) is 6.34. The van der Waals surface area contributed by atoms with Gasteiger partial charge in [0.15, 0.2) is 11.5 Å². The summed E-state index contributed by atoms with van der Waals surface area (Å²) >= 11 is 0. The Bertz CT molecular complexity index is 956. The fraction of sp³-hybridized carbons (Fsp3) is 0.480. The number of carbonyl (C=O) groups excluding carboxylic acids is 1. The molecule has 3 aliphatic rings. The summed E-state index contributed by atoms with van der Waals surface area (Å²) in [6, 6.07) is 12.2. The van der Waals surface area contributed by atoms with Crippen LogP contribution in [0.2, 0.25) is 0 Å². The van der Waals surface area contributed by atoms with Gasteiger partial charge in [0.2, 0.25) is 5.91 Å². The van der Waals surface area contributed by atoms with Crippen molar-refractivity contribution in [1.82, 2.24) is 4.90 Å². The van der Waals surface area contributed by atoms with Crippen molar-refractivity contribution in [2.24, 2.45) is 0 Å². The highest BCUT2D eigenvalue weighted by atomic mass is 16.6. The van der Waals surface area contributed by atoms with Crippen LogP contribution in [-0.4, -0.2) is 63.4 Å². The van der Waals surface area contributed by atoms with Gasteiger partial charge in [0.05, 0.1) is 12.3 Å². The maximum atomic E-state index is 11.6. The Morgan fingerprint density at radius 2 is 1.84 bits per heavy atom. The number of piperazine rings is 1. The number of nitrogens with zero attached hydrogens (tertiary/aromatic N) is 2. The van der Waals surface area contributed by atoms with Crippen LogP contribution in [0.5, 0.6) is 17.2 Å². The number of rotatable bonds is 7. The van der Waals surface area contributed by atoms with E-state index in [1.54, 1.807) is 0 Å². The molecular weight excluding hydrogens is 406 g/mol. The molecular formula is C25H31N3O4. The molecule has 7 heteroatoms. The second-order valence-corrected chi connectivity index (χ2v) is 8.55. The predicted octanol–water partition coefficient (Wildman–Crippen LogP) is 3.32. The normalized spacial score (nSPS) is 18.1. The van der Waals surface area contributed by atoms with Crippen molar-refractivity contribution in [3.05, 3.63) is 42.0 Å². The molecule has 3 aliphatic heterocycles. The molecule has 0 radical (unpaired) electrons. The second kappa shape index (κ2) is 9.69. The van der Waals surface area contributed by atoms with Gasteiger partial charge >= 0.3 is 0 Å². The Balaban J connectivity index is 1.03. The topological polar surface area (TPSA) is 63.3 Å². The van der Waals surface area contributed by atoms with Crippen LogP contribution in [0.4, 0.5) is 11.4 Å². The third-order valence-corrected chi connectivity index (χ3v) is 6.37. The summed E-state index contributed by atoms with van der Waals surface area (Å²) in [6.45, 7) is 7.12. The first-order valence-electron chi connectivity index (χ1n) is 11.7. The fourth-order valence-corrected chi connectivity index (χ4v) is 4.59. The summed E-state index contributed by atoms with van der Waals surface area (Å²) in [5.41, 5.74) is 3.23. The van der Waals surface area contributed by atoms with Crippen LogP contribution in [0.1, 0.15) is 24.8 Å². The smallest absolute Gasteiger partial charge is 0.224 e. The standard InChI is InChI=1S/C25H31N3O4/c29-24-9-7-19-6-8-20(18-21(19)26-24)30-15-2-1-10-27-11-13-28(14-12-27)22-4-3-5-23-25(22)32-17-16-31-23/h3-6,8,18H,1-2,7,9-17H2,(H,26,29). The molecule has 1 fully saturated rings. The molecule has 0 bridgehead atoms. The molecule has 2 aromatic carbocycles. The van der Waals surface area contributed by atoms with Gasteiger partial charge < -0.3 is 24.4 Å². The summed E-state index contributed by atoms with van der Waals surface area (Å²) < 4.78 is 17.5. The summed E-state index contributed by atoms with van der Waals surface area (Å²) in [4.78, 5) is 16.5. The molecule has 1 saturated heterocycles. The van der Waals surface area contributed by atoms with Crippen LogP contribution in [0.3, 0.4) is 0 Å². The Morgan fingerprint density at radius 1 is 0.969 bits per heavy atom. The van der Waals surface area contributed by atoms with Crippen molar-refractivity contribution in [2.45, 2.75) is 25.7 Å². The van der Waals surface area contributed by atoms with Gasteiger partial charge in [-0.15, -0.1) is 0 Å². The molecule has 3 heterocycles. The van der Waals surface area contributed by atoms with E-state index < -0.39 is 0 Å². The molecule has 1 N–H and O–H groups in total. The van der Waals surface area contributed by atoms with E-state index >= 15 is 0 Å². The van der Waals surface area contributed by atoms with Gasteiger partial charge in [0.1, 0.15) is 19.0 Å². The summed E-state index contributed by atoms with van der Waals surface area (Å²) in [5, 5.41) is 2.93. The molecule has 0 saturated carbocycles. The first-order valence-corrected chi connectivity index (χ1v) is 11.7. The quantitative estimate of drug-likeness (QED) is 0.671. The van der Waals surface area contributed by atoms with Crippen molar-refractivity contribution in [3.63, 3.8) is 0 Å². The highest BCUT2D eigenvalue weighted by Crippen LogP contribution is 2.39. The number of nitrogens with one attached hydrogen (secondary N) is 1. The van der Waals surface area contributed by atoms with Crippen LogP contribution >= 0.6 is 0 Å². The van der Waals surface area contributed by atoms with Crippen molar-refractivity contribution in [2.75, 3.05) is 62.8 Å². The van der Waals surface area contributed by atoms with Gasteiger partial charge in [0, 0.05) is 44.4 Å². The Morgan fingerprint density at radius 3 is 2.75 bits per heavy atom. The van der Waals surface area contributed by atoms with Crippen molar-refractivity contribution in [1.29, 1.82) is 0 Å². The zero-order valence-corrected chi connectivity index (χ0v) is 18.5. The Hall–Kier alpha value is -2.93. The van der Waals surface area contributed by atoms with Crippen LogP contribution in [-0.2, 0) is 11.2 Å². The van der Waals surface area contributed by atoms with Crippen molar-refractivity contribution < 1.29 is 19.0 Å². The number of para-hydroxylation sites is 1. The summed E-state index contributed by atoms with van der Waals surface area (Å²) in [5.74, 6) is 2.67. The lowest BCUT2D eigenvalue weighted by Crippen LogP contribution is -2.46. The lowest BCUT2D eigenvalue weighted by Gasteiger charge is -2.37. The third-order valence-electron chi connectivity index (χ3n) is 6.37. The fourth-order valence-electron chi connectivity index (χ4n) is 4.59. The lowest BCUT2D eigenvalue weighted by molar-refractivity contribution is -0.116. The van der Waals surface area contributed by atoms with Gasteiger partial charge in [-0.25, -0.2) is 0 Å². The van der Waals surface area contributed by atoms with E-state index in [0.717, 1.165) is 80.6 Å². The molecule has 0 aromatic heterocycles. The molecule has 7 nitrogen and oxygen atoms in total. The van der Waals surface area contributed by atoms with E-state index in [0.29, 0.717) is 26.2 Å².